The van der Waals surface area contributed by atoms with Crippen molar-refractivity contribution in [1.29, 1.82) is 0 Å². The Labute approximate surface area is 134 Å². The molecule has 0 saturated carbocycles. The number of hydrogen-bond acceptors (Lipinski definition) is 5. The molecule has 2 rings (SSSR count). The van der Waals surface area contributed by atoms with Crippen molar-refractivity contribution in [3.63, 3.8) is 0 Å². The maximum absolute atomic E-state index is 10.4. The molecule has 2 aromatic rings. The molecule has 6 nitrogen and oxygen atoms in total. The third kappa shape index (κ3) is 5.86. The normalized spacial score (nSPS) is 11.2. The molecule has 0 aliphatic rings. The number of benzene rings is 1. The summed E-state index contributed by atoms with van der Waals surface area (Å²) in [5, 5.41) is 20.7. The molecule has 0 amide bonds. The molecule has 0 radical (unpaired) electrons. The number of hydrogen-bond donors (Lipinski definition) is 1. The van der Waals surface area contributed by atoms with Crippen LogP contribution in [-0.4, -0.2) is 33.6 Å². The molecule has 1 aromatic carbocycles. The van der Waals surface area contributed by atoms with E-state index in [9.17, 15) is 4.79 Å². The van der Waals surface area contributed by atoms with Crippen LogP contribution >= 0.6 is 0 Å². The second-order valence-electron chi connectivity index (χ2n) is 4.95. The van der Waals surface area contributed by atoms with E-state index in [1.165, 1.54) is 0 Å². The number of unbranched alkanes of at least 4 members (excludes halogenated alkanes) is 2. The summed E-state index contributed by atoms with van der Waals surface area (Å²) in [6.45, 7) is 0.441. The summed E-state index contributed by atoms with van der Waals surface area (Å²) in [5.74, 6) is -0.766. The van der Waals surface area contributed by atoms with E-state index in [0.717, 1.165) is 18.4 Å². The van der Waals surface area contributed by atoms with Crippen LogP contribution in [0, 0.1) is 0 Å². The van der Waals surface area contributed by atoms with E-state index < -0.39 is 5.97 Å². The number of oxime groups is 1. The molecule has 23 heavy (non-hydrogen) atoms. The van der Waals surface area contributed by atoms with E-state index in [4.69, 9.17) is 9.94 Å². The lowest BCUT2D eigenvalue weighted by Crippen LogP contribution is -2.08. The van der Waals surface area contributed by atoms with Crippen LogP contribution in [0.2, 0.25) is 0 Å². The van der Waals surface area contributed by atoms with Gasteiger partial charge in [-0.2, -0.15) is 5.10 Å². The largest absolute Gasteiger partial charge is 0.481 e. The topological polar surface area (TPSA) is 84.7 Å². The van der Waals surface area contributed by atoms with Crippen LogP contribution in [0.1, 0.15) is 36.9 Å². The molecule has 1 heterocycles. The first-order chi connectivity index (χ1) is 11.3. The lowest BCUT2D eigenvalue weighted by molar-refractivity contribution is -0.137. The third-order valence-electron chi connectivity index (χ3n) is 3.14. The molecular weight excluding hydrogens is 294 g/mol. The Morgan fingerprint density at radius 1 is 1.09 bits per heavy atom. The van der Waals surface area contributed by atoms with E-state index in [2.05, 4.69) is 15.4 Å². The maximum Gasteiger partial charge on any atom is 0.303 e. The molecular formula is C17H19N3O3. The molecule has 0 bridgehead atoms. The van der Waals surface area contributed by atoms with Crippen LogP contribution in [0.25, 0.3) is 0 Å². The molecule has 1 aromatic heterocycles. The quantitative estimate of drug-likeness (QED) is 0.437. The molecule has 6 heteroatoms. The first-order valence-corrected chi connectivity index (χ1v) is 7.52. The van der Waals surface area contributed by atoms with Crippen molar-refractivity contribution in [2.24, 2.45) is 5.16 Å². The monoisotopic (exact) mass is 313 g/mol. The van der Waals surface area contributed by atoms with Gasteiger partial charge in [-0.1, -0.05) is 35.5 Å². The molecule has 0 unspecified atom stereocenters. The van der Waals surface area contributed by atoms with Gasteiger partial charge in [-0.3, -0.25) is 4.79 Å². The summed E-state index contributed by atoms with van der Waals surface area (Å²) in [6, 6.07) is 13.3. The van der Waals surface area contributed by atoms with Crippen molar-refractivity contribution < 1.29 is 14.7 Å². The van der Waals surface area contributed by atoms with Crippen molar-refractivity contribution in [3.05, 3.63) is 59.9 Å². The number of aliphatic carboxylic acids is 1. The highest BCUT2D eigenvalue weighted by Crippen LogP contribution is 2.09. The fraction of sp³-hybridized carbons (Fsp3) is 0.294. The van der Waals surface area contributed by atoms with Crippen molar-refractivity contribution >= 4 is 11.7 Å². The van der Waals surface area contributed by atoms with Gasteiger partial charge in [0.15, 0.2) is 0 Å². The Kier molecular flexibility index (Phi) is 6.71. The van der Waals surface area contributed by atoms with Crippen LogP contribution in [0.4, 0.5) is 0 Å². The van der Waals surface area contributed by atoms with Crippen LogP contribution in [0.5, 0.6) is 0 Å². The number of nitrogens with zero attached hydrogens (tertiary/aromatic N) is 3. The number of rotatable bonds is 9. The predicted molar refractivity (Wildman–Crippen MR) is 86.2 cm³/mol. The summed E-state index contributed by atoms with van der Waals surface area (Å²) in [6.07, 6.45) is 4.01. The Bertz CT molecular complexity index is 589. The van der Waals surface area contributed by atoms with Crippen LogP contribution in [-0.2, 0) is 9.63 Å². The molecule has 0 atom stereocenters. The Hall–Kier alpha value is -2.76. The first kappa shape index (κ1) is 16.6. The zero-order valence-corrected chi connectivity index (χ0v) is 12.8. The molecule has 0 saturated heterocycles. The van der Waals surface area contributed by atoms with E-state index in [1.807, 2.05) is 36.4 Å². The SMILES string of the molecule is O=C(O)CCCCCO/N=C(/c1ccccc1)c1cccnn1. The van der Waals surface area contributed by atoms with Gasteiger partial charge in [0.2, 0.25) is 0 Å². The minimum Gasteiger partial charge on any atom is -0.481 e. The lowest BCUT2D eigenvalue weighted by atomic mass is 10.1. The Morgan fingerprint density at radius 2 is 1.91 bits per heavy atom. The average molecular weight is 313 g/mol. The van der Waals surface area contributed by atoms with Crippen molar-refractivity contribution in [2.75, 3.05) is 6.61 Å². The highest BCUT2D eigenvalue weighted by atomic mass is 16.6. The van der Waals surface area contributed by atoms with Gasteiger partial charge in [-0.15, -0.1) is 5.10 Å². The van der Waals surface area contributed by atoms with E-state index in [1.54, 1.807) is 12.3 Å². The highest BCUT2D eigenvalue weighted by molar-refractivity contribution is 6.11. The zero-order valence-electron chi connectivity index (χ0n) is 12.8. The lowest BCUT2D eigenvalue weighted by Gasteiger charge is -2.06. The number of carbonyl (C=O) groups is 1. The van der Waals surface area contributed by atoms with Gasteiger partial charge in [0, 0.05) is 18.2 Å². The summed E-state index contributed by atoms with van der Waals surface area (Å²) in [7, 11) is 0. The number of aromatic nitrogens is 2. The second kappa shape index (κ2) is 9.30. The highest BCUT2D eigenvalue weighted by Gasteiger charge is 2.09. The molecule has 1 N–H and O–H groups in total. The fourth-order valence-electron chi connectivity index (χ4n) is 2.00. The number of carboxylic acids is 1. The average Bonchev–Trinajstić information content (AvgIpc) is 2.59. The molecule has 0 aliphatic heterocycles. The standard InChI is InChI=1S/C17H19N3O3/c21-16(22)11-5-2-6-13-23-20-17(14-8-3-1-4-9-14)15-10-7-12-18-19-15/h1,3-4,7-10,12H,2,5-6,11,13H2,(H,21,22)/b20-17-. The fourth-order valence-corrected chi connectivity index (χ4v) is 2.00. The van der Waals surface area contributed by atoms with E-state index in [-0.39, 0.29) is 6.42 Å². The summed E-state index contributed by atoms with van der Waals surface area (Å²) >= 11 is 0. The van der Waals surface area contributed by atoms with Crippen LogP contribution in [0.3, 0.4) is 0 Å². The van der Waals surface area contributed by atoms with Gasteiger partial charge in [0.1, 0.15) is 18.0 Å². The number of carboxylic acid groups (broad SMARTS) is 1. The summed E-state index contributed by atoms with van der Waals surface area (Å²) < 4.78 is 0. The van der Waals surface area contributed by atoms with Crippen molar-refractivity contribution in [2.45, 2.75) is 25.7 Å². The summed E-state index contributed by atoms with van der Waals surface area (Å²) in [4.78, 5) is 15.8. The zero-order chi connectivity index (χ0) is 16.3. The third-order valence-corrected chi connectivity index (χ3v) is 3.14. The van der Waals surface area contributed by atoms with Crippen molar-refractivity contribution in [3.8, 4) is 0 Å². The van der Waals surface area contributed by atoms with Crippen LogP contribution < -0.4 is 0 Å². The smallest absolute Gasteiger partial charge is 0.303 e. The van der Waals surface area contributed by atoms with Gasteiger partial charge in [-0.25, -0.2) is 0 Å². The summed E-state index contributed by atoms with van der Waals surface area (Å²) in [5.41, 5.74) is 2.17. The first-order valence-electron chi connectivity index (χ1n) is 7.52. The molecule has 120 valence electrons. The molecule has 0 fully saturated rings. The van der Waals surface area contributed by atoms with Gasteiger partial charge in [0.25, 0.3) is 0 Å². The predicted octanol–water partition coefficient (Wildman–Crippen LogP) is 2.89. The Morgan fingerprint density at radius 3 is 2.61 bits per heavy atom. The van der Waals surface area contributed by atoms with Crippen LogP contribution in [0.15, 0.2) is 53.8 Å². The van der Waals surface area contributed by atoms with Crippen molar-refractivity contribution in [1.82, 2.24) is 10.2 Å². The maximum atomic E-state index is 10.4. The van der Waals surface area contributed by atoms with E-state index >= 15 is 0 Å². The second-order valence-corrected chi connectivity index (χ2v) is 4.95. The van der Waals surface area contributed by atoms with Gasteiger partial charge < -0.3 is 9.94 Å². The minimum absolute atomic E-state index is 0.193. The van der Waals surface area contributed by atoms with Gasteiger partial charge >= 0.3 is 5.97 Å². The van der Waals surface area contributed by atoms with Gasteiger partial charge in [-0.05, 0) is 31.4 Å². The molecule has 0 aliphatic carbocycles. The minimum atomic E-state index is -0.766. The Balaban J connectivity index is 1.94. The molecule has 0 spiro atoms. The van der Waals surface area contributed by atoms with E-state index in [0.29, 0.717) is 24.4 Å². The van der Waals surface area contributed by atoms with Gasteiger partial charge in [0.05, 0.1) is 0 Å².